The third-order valence-corrected chi connectivity index (χ3v) is 9.63. The maximum Gasteiger partial charge on any atom is 0.264 e. The first-order valence-electron chi connectivity index (χ1n) is 14.0. The highest BCUT2D eigenvalue weighted by molar-refractivity contribution is 7.92. The fourth-order valence-corrected chi connectivity index (χ4v) is 7.25. The van der Waals surface area contributed by atoms with E-state index in [1.54, 1.807) is 11.9 Å². The van der Waals surface area contributed by atoms with Gasteiger partial charge in [-0.1, -0.05) is 36.4 Å². The summed E-state index contributed by atoms with van der Waals surface area (Å²) in [5.74, 6) is -1.00. The number of hydrogen-bond donors (Lipinski definition) is 2. The van der Waals surface area contributed by atoms with E-state index in [0.717, 1.165) is 18.9 Å². The van der Waals surface area contributed by atoms with Crippen molar-refractivity contribution in [2.75, 3.05) is 18.4 Å². The van der Waals surface area contributed by atoms with Crippen molar-refractivity contribution in [2.45, 2.75) is 61.3 Å². The van der Waals surface area contributed by atoms with Crippen molar-refractivity contribution in [3.63, 3.8) is 0 Å². The standard InChI is InChI=1S/C31H32FN3O6S/c1-35-26-12-11-23(17-30(36)33-22-14-19-6-2-3-7-20(19)15-22)41-28(26)18-40-27-13-10-21(16-24(27)31(35)37)34-42(38,39)29-9-5-4-8-25(29)32/h2-10,13,16,22-23,26,28,34H,11-12,14-15,17-18H2,1H3,(H,33,36)/t23-,26-,28-/m0/s1. The van der Waals surface area contributed by atoms with Gasteiger partial charge in [0.05, 0.1) is 24.1 Å². The van der Waals surface area contributed by atoms with E-state index < -0.39 is 26.8 Å². The van der Waals surface area contributed by atoms with Crippen molar-refractivity contribution < 1.29 is 31.9 Å². The highest BCUT2D eigenvalue weighted by atomic mass is 32.2. The third kappa shape index (κ3) is 5.71. The molecule has 11 heteroatoms. The molecule has 2 amide bonds. The highest BCUT2D eigenvalue weighted by Crippen LogP contribution is 2.33. The lowest BCUT2D eigenvalue weighted by Crippen LogP contribution is -2.54. The Kier molecular flexibility index (Phi) is 7.63. The molecule has 1 fully saturated rings. The van der Waals surface area contributed by atoms with Crippen LogP contribution in [0.4, 0.5) is 10.1 Å². The molecule has 9 nitrogen and oxygen atoms in total. The number of halogens is 1. The van der Waals surface area contributed by atoms with Crippen molar-refractivity contribution in [3.05, 3.63) is 89.2 Å². The van der Waals surface area contributed by atoms with E-state index >= 15 is 0 Å². The molecular formula is C31H32FN3O6S. The molecule has 3 aromatic rings. The van der Waals surface area contributed by atoms with Crippen LogP contribution >= 0.6 is 0 Å². The average Bonchev–Trinajstić information content (AvgIpc) is 3.37. The van der Waals surface area contributed by atoms with Crippen LogP contribution in [0, 0.1) is 5.82 Å². The summed E-state index contributed by atoms with van der Waals surface area (Å²) in [6, 6.07) is 17.4. The monoisotopic (exact) mass is 593 g/mol. The van der Waals surface area contributed by atoms with Gasteiger partial charge in [0, 0.05) is 18.8 Å². The van der Waals surface area contributed by atoms with Gasteiger partial charge in [0.15, 0.2) is 0 Å². The highest BCUT2D eigenvalue weighted by Gasteiger charge is 2.39. The summed E-state index contributed by atoms with van der Waals surface area (Å²) in [5, 5.41) is 3.15. The van der Waals surface area contributed by atoms with Crippen molar-refractivity contribution >= 4 is 27.5 Å². The van der Waals surface area contributed by atoms with Gasteiger partial charge in [0.25, 0.3) is 15.9 Å². The summed E-state index contributed by atoms with van der Waals surface area (Å²) >= 11 is 0. The zero-order chi connectivity index (χ0) is 29.4. The Bertz CT molecular complexity index is 1610. The maximum absolute atomic E-state index is 14.1. The van der Waals surface area contributed by atoms with Gasteiger partial charge in [-0.25, -0.2) is 12.8 Å². The van der Waals surface area contributed by atoms with Gasteiger partial charge in [-0.3, -0.25) is 14.3 Å². The first-order chi connectivity index (χ1) is 20.2. The number of amides is 2. The number of nitrogens with zero attached hydrogens (tertiary/aromatic N) is 1. The Morgan fingerprint density at radius 1 is 1.02 bits per heavy atom. The fraction of sp³-hybridized carbons (Fsp3) is 0.355. The average molecular weight is 594 g/mol. The van der Waals surface area contributed by atoms with E-state index in [1.807, 2.05) is 12.1 Å². The molecule has 0 aromatic heterocycles. The maximum atomic E-state index is 14.1. The van der Waals surface area contributed by atoms with E-state index in [2.05, 4.69) is 22.2 Å². The molecule has 0 unspecified atom stereocenters. The largest absolute Gasteiger partial charge is 0.490 e. The lowest BCUT2D eigenvalue weighted by molar-refractivity contribution is -0.134. The predicted molar refractivity (Wildman–Crippen MR) is 153 cm³/mol. The van der Waals surface area contributed by atoms with Gasteiger partial charge in [-0.15, -0.1) is 0 Å². The Balaban J connectivity index is 1.11. The lowest BCUT2D eigenvalue weighted by atomic mass is 9.94. The molecule has 3 atom stereocenters. The van der Waals surface area contributed by atoms with Crippen LogP contribution in [-0.4, -0.2) is 63.1 Å². The number of sulfonamides is 1. The first-order valence-corrected chi connectivity index (χ1v) is 15.5. The summed E-state index contributed by atoms with van der Waals surface area (Å²) in [5.41, 5.74) is 2.84. The van der Waals surface area contributed by atoms with E-state index in [4.69, 9.17) is 9.47 Å². The van der Waals surface area contributed by atoms with Crippen molar-refractivity contribution in [1.29, 1.82) is 0 Å². The second kappa shape index (κ2) is 11.4. The smallest absolute Gasteiger partial charge is 0.264 e. The van der Waals surface area contributed by atoms with Crippen LogP contribution < -0.4 is 14.8 Å². The SMILES string of the molecule is CN1C(=O)c2cc(NS(=O)(=O)c3ccccc3F)ccc2OC[C@@H]2O[C@H](CC(=O)NC3Cc4ccccc4C3)CC[C@@H]21. The second-order valence-electron chi connectivity index (χ2n) is 11.1. The minimum absolute atomic E-state index is 0.0526. The number of nitrogens with one attached hydrogen (secondary N) is 2. The molecule has 6 rings (SSSR count). The summed E-state index contributed by atoms with van der Waals surface area (Å²) in [6.07, 6.45) is 2.37. The molecule has 220 valence electrons. The normalized spacial score (nSPS) is 22.2. The number of rotatable bonds is 6. The van der Waals surface area contributed by atoms with Gasteiger partial charge in [-0.2, -0.15) is 0 Å². The minimum Gasteiger partial charge on any atom is -0.490 e. The van der Waals surface area contributed by atoms with Crippen LogP contribution in [0.1, 0.15) is 40.7 Å². The third-order valence-electron chi connectivity index (χ3n) is 8.22. The molecule has 2 N–H and O–H groups in total. The molecule has 1 saturated heterocycles. The second-order valence-corrected chi connectivity index (χ2v) is 12.7. The molecule has 0 saturated carbocycles. The molecule has 3 aromatic carbocycles. The topological polar surface area (TPSA) is 114 Å². The van der Waals surface area contributed by atoms with Crippen LogP contribution in [-0.2, 0) is 32.4 Å². The quantitative estimate of drug-likeness (QED) is 0.451. The van der Waals surface area contributed by atoms with Gasteiger partial charge in [0.1, 0.15) is 29.2 Å². The fourth-order valence-electron chi connectivity index (χ4n) is 6.12. The number of carbonyl (C=O) groups is 2. The molecule has 2 heterocycles. The number of fused-ring (bicyclic) bond motifs is 3. The Hall–Kier alpha value is -3.96. The predicted octanol–water partition coefficient (Wildman–Crippen LogP) is 3.68. The van der Waals surface area contributed by atoms with Crippen LogP contribution in [0.15, 0.2) is 71.6 Å². The molecule has 42 heavy (non-hydrogen) atoms. The Morgan fingerprint density at radius 3 is 2.48 bits per heavy atom. The Labute approximate surface area is 244 Å². The van der Waals surface area contributed by atoms with Gasteiger partial charge < -0.3 is 19.7 Å². The molecule has 1 aliphatic carbocycles. The summed E-state index contributed by atoms with van der Waals surface area (Å²) in [6.45, 7) is 0.158. The van der Waals surface area contributed by atoms with E-state index in [1.165, 1.54) is 47.5 Å². The zero-order valence-electron chi connectivity index (χ0n) is 23.1. The number of likely N-dealkylation sites (N-methyl/N-ethyl adjacent to an activating group) is 1. The molecule has 0 spiro atoms. The van der Waals surface area contributed by atoms with Crippen LogP contribution in [0.5, 0.6) is 5.75 Å². The number of carbonyl (C=O) groups excluding carboxylic acids is 2. The molecular weight excluding hydrogens is 561 g/mol. The van der Waals surface area contributed by atoms with Crippen molar-refractivity contribution in [3.8, 4) is 5.75 Å². The summed E-state index contributed by atoms with van der Waals surface area (Å²) < 4.78 is 54.3. The first kappa shape index (κ1) is 28.2. The zero-order valence-corrected chi connectivity index (χ0v) is 23.9. The van der Waals surface area contributed by atoms with E-state index in [0.29, 0.717) is 12.8 Å². The molecule has 2 aliphatic heterocycles. The van der Waals surface area contributed by atoms with Gasteiger partial charge in [-0.05, 0) is 67.1 Å². The van der Waals surface area contributed by atoms with Crippen LogP contribution in [0.2, 0.25) is 0 Å². The summed E-state index contributed by atoms with van der Waals surface area (Å²) in [7, 11) is -2.54. The van der Waals surface area contributed by atoms with Crippen molar-refractivity contribution in [1.82, 2.24) is 10.2 Å². The number of benzene rings is 3. The Morgan fingerprint density at radius 2 is 1.74 bits per heavy atom. The summed E-state index contributed by atoms with van der Waals surface area (Å²) in [4.78, 5) is 27.5. The van der Waals surface area contributed by atoms with E-state index in [-0.39, 0.29) is 60.0 Å². The lowest BCUT2D eigenvalue weighted by Gasteiger charge is -2.42. The van der Waals surface area contributed by atoms with Gasteiger partial charge >= 0.3 is 0 Å². The van der Waals surface area contributed by atoms with Crippen LogP contribution in [0.3, 0.4) is 0 Å². The number of hydrogen-bond acceptors (Lipinski definition) is 6. The number of anilines is 1. The van der Waals surface area contributed by atoms with Crippen LogP contribution in [0.25, 0.3) is 0 Å². The molecule has 0 radical (unpaired) electrons. The minimum atomic E-state index is -4.22. The molecule has 0 bridgehead atoms. The number of ether oxygens (including phenoxy) is 2. The van der Waals surface area contributed by atoms with E-state index in [9.17, 15) is 22.4 Å². The van der Waals surface area contributed by atoms with Gasteiger partial charge in [0.2, 0.25) is 5.91 Å². The van der Waals surface area contributed by atoms with Crippen molar-refractivity contribution in [2.24, 2.45) is 0 Å². The molecule has 3 aliphatic rings.